The van der Waals surface area contributed by atoms with Gasteiger partial charge in [0.05, 0.1) is 12.3 Å². The Labute approximate surface area is 112 Å². The standard InChI is InChI=1S/C14H19N3O2/c1-3-19-10-11(2)15-9-12-8-14(18)17-7-5-4-6-13(17)16-12/h4-8,11,15H,3,9-10H2,1-2H3. The number of nitrogens with zero attached hydrogens (tertiary/aromatic N) is 2. The van der Waals surface area contributed by atoms with Crippen LogP contribution in [0.4, 0.5) is 0 Å². The monoisotopic (exact) mass is 261 g/mol. The summed E-state index contributed by atoms with van der Waals surface area (Å²) < 4.78 is 6.86. The fourth-order valence-electron chi connectivity index (χ4n) is 1.83. The first-order valence-electron chi connectivity index (χ1n) is 6.49. The topological polar surface area (TPSA) is 55.6 Å². The van der Waals surface area contributed by atoms with Gasteiger partial charge in [0, 0.05) is 31.5 Å². The summed E-state index contributed by atoms with van der Waals surface area (Å²) in [6, 6.07) is 7.31. The van der Waals surface area contributed by atoms with Crippen molar-refractivity contribution in [3.63, 3.8) is 0 Å². The zero-order valence-corrected chi connectivity index (χ0v) is 11.3. The lowest BCUT2D eigenvalue weighted by molar-refractivity contribution is 0.127. The highest BCUT2D eigenvalue weighted by Crippen LogP contribution is 1.99. The summed E-state index contributed by atoms with van der Waals surface area (Å²) in [5.74, 6) is 0. The largest absolute Gasteiger partial charge is 0.380 e. The van der Waals surface area contributed by atoms with Crippen LogP contribution in [0.3, 0.4) is 0 Å². The number of pyridine rings is 1. The molecule has 5 heteroatoms. The molecule has 2 rings (SSSR count). The van der Waals surface area contributed by atoms with Gasteiger partial charge in [0.15, 0.2) is 0 Å². The molecule has 2 heterocycles. The number of hydrogen-bond acceptors (Lipinski definition) is 4. The van der Waals surface area contributed by atoms with E-state index in [0.29, 0.717) is 25.4 Å². The van der Waals surface area contributed by atoms with E-state index in [1.165, 1.54) is 4.40 Å². The van der Waals surface area contributed by atoms with E-state index >= 15 is 0 Å². The number of fused-ring (bicyclic) bond motifs is 1. The Morgan fingerprint density at radius 3 is 3.11 bits per heavy atom. The van der Waals surface area contributed by atoms with Crippen LogP contribution in [0, 0.1) is 0 Å². The Hall–Kier alpha value is -1.72. The van der Waals surface area contributed by atoms with E-state index in [2.05, 4.69) is 10.3 Å². The van der Waals surface area contributed by atoms with E-state index in [9.17, 15) is 4.79 Å². The average Bonchev–Trinajstić information content (AvgIpc) is 2.43. The van der Waals surface area contributed by atoms with Gasteiger partial charge in [-0.05, 0) is 26.0 Å². The highest BCUT2D eigenvalue weighted by atomic mass is 16.5. The van der Waals surface area contributed by atoms with Crippen molar-refractivity contribution in [2.24, 2.45) is 0 Å². The van der Waals surface area contributed by atoms with Gasteiger partial charge in [-0.25, -0.2) is 4.98 Å². The third-order valence-electron chi connectivity index (χ3n) is 2.83. The maximum absolute atomic E-state index is 11.9. The van der Waals surface area contributed by atoms with Crippen LogP contribution in [0.5, 0.6) is 0 Å². The predicted molar refractivity (Wildman–Crippen MR) is 74.3 cm³/mol. The Balaban J connectivity index is 2.07. The maximum atomic E-state index is 11.9. The van der Waals surface area contributed by atoms with Gasteiger partial charge in [0.25, 0.3) is 5.56 Å². The second-order valence-electron chi connectivity index (χ2n) is 4.46. The third-order valence-corrected chi connectivity index (χ3v) is 2.83. The van der Waals surface area contributed by atoms with E-state index in [0.717, 1.165) is 5.69 Å². The van der Waals surface area contributed by atoms with Gasteiger partial charge in [-0.15, -0.1) is 0 Å². The molecule has 0 radical (unpaired) electrons. The molecule has 1 N–H and O–H groups in total. The van der Waals surface area contributed by atoms with Crippen LogP contribution in [0.2, 0.25) is 0 Å². The minimum atomic E-state index is -0.0557. The van der Waals surface area contributed by atoms with Crippen LogP contribution in [-0.2, 0) is 11.3 Å². The number of rotatable bonds is 6. The molecule has 0 aliphatic carbocycles. The van der Waals surface area contributed by atoms with Crippen molar-refractivity contribution in [1.82, 2.24) is 14.7 Å². The average molecular weight is 261 g/mol. The van der Waals surface area contributed by atoms with Crippen molar-refractivity contribution in [3.05, 3.63) is 46.5 Å². The second kappa shape index (κ2) is 6.45. The molecular formula is C14H19N3O2. The van der Waals surface area contributed by atoms with Crippen LogP contribution in [0.15, 0.2) is 35.3 Å². The first kappa shape index (κ1) is 13.7. The number of ether oxygens (including phenoxy) is 1. The lowest BCUT2D eigenvalue weighted by atomic mass is 10.3. The third kappa shape index (κ3) is 3.62. The Morgan fingerprint density at radius 2 is 2.32 bits per heavy atom. The number of nitrogens with one attached hydrogen (secondary N) is 1. The van der Waals surface area contributed by atoms with Crippen LogP contribution in [0.1, 0.15) is 19.5 Å². The SMILES string of the molecule is CCOCC(C)NCc1cc(=O)n2ccccc2n1. The fourth-order valence-corrected chi connectivity index (χ4v) is 1.83. The molecule has 0 spiro atoms. The van der Waals surface area contributed by atoms with Crippen LogP contribution in [-0.4, -0.2) is 28.6 Å². The predicted octanol–water partition coefficient (Wildman–Crippen LogP) is 1.21. The lowest BCUT2D eigenvalue weighted by Gasteiger charge is -2.13. The second-order valence-corrected chi connectivity index (χ2v) is 4.46. The molecule has 0 aromatic carbocycles. The summed E-state index contributed by atoms with van der Waals surface area (Å²) >= 11 is 0. The van der Waals surface area contributed by atoms with Crippen LogP contribution in [0.25, 0.3) is 5.65 Å². The molecule has 0 saturated carbocycles. The summed E-state index contributed by atoms with van der Waals surface area (Å²) in [5.41, 5.74) is 1.36. The molecule has 19 heavy (non-hydrogen) atoms. The van der Waals surface area contributed by atoms with Crippen LogP contribution < -0.4 is 10.9 Å². The molecule has 1 unspecified atom stereocenters. The zero-order chi connectivity index (χ0) is 13.7. The van der Waals surface area contributed by atoms with E-state index in [1.807, 2.05) is 32.0 Å². The van der Waals surface area contributed by atoms with Crippen molar-refractivity contribution < 1.29 is 4.74 Å². The van der Waals surface area contributed by atoms with Gasteiger partial charge in [-0.1, -0.05) is 6.07 Å². The molecule has 2 aromatic rings. The fraction of sp³-hybridized carbons (Fsp3) is 0.429. The molecule has 0 fully saturated rings. The van der Waals surface area contributed by atoms with Gasteiger partial charge < -0.3 is 10.1 Å². The van der Waals surface area contributed by atoms with Crippen molar-refractivity contribution in [1.29, 1.82) is 0 Å². The Kier molecular flexibility index (Phi) is 4.65. The zero-order valence-electron chi connectivity index (χ0n) is 11.3. The molecular weight excluding hydrogens is 242 g/mol. The molecule has 1 atom stereocenters. The van der Waals surface area contributed by atoms with E-state index < -0.39 is 0 Å². The van der Waals surface area contributed by atoms with E-state index in [4.69, 9.17) is 4.74 Å². The Bertz CT molecular complexity index is 595. The maximum Gasteiger partial charge on any atom is 0.258 e. The lowest BCUT2D eigenvalue weighted by Crippen LogP contribution is -2.31. The normalized spacial score (nSPS) is 12.7. The highest BCUT2D eigenvalue weighted by Gasteiger charge is 2.04. The van der Waals surface area contributed by atoms with E-state index in [-0.39, 0.29) is 11.6 Å². The molecule has 0 saturated heterocycles. The van der Waals surface area contributed by atoms with Crippen molar-refractivity contribution in [2.75, 3.05) is 13.2 Å². The molecule has 0 amide bonds. The quantitative estimate of drug-likeness (QED) is 0.849. The summed E-state index contributed by atoms with van der Waals surface area (Å²) in [7, 11) is 0. The first-order valence-corrected chi connectivity index (χ1v) is 6.49. The van der Waals surface area contributed by atoms with Crippen LogP contribution >= 0.6 is 0 Å². The molecule has 0 aliphatic rings. The molecule has 0 bridgehead atoms. The minimum absolute atomic E-state index is 0.0557. The van der Waals surface area contributed by atoms with Gasteiger partial charge in [0.2, 0.25) is 0 Å². The molecule has 2 aromatic heterocycles. The minimum Gasteiger partial charge on any atom is -0.380 e. The summed E-state index contributed by atoms with van der Waals surface area (Å²) in [4.78, 5) is 16.3. The van der Waals surface area contributed by atoms with Crippen molar-refractivity contribution >= 4 is 5.65 Å². The summed E-state index contributed by atoms with van der Waals surface area (Å²) in [5, 5.41) is 3.29. The first-order chi connectivity index (χ1) is 9.20. The van der Waals surface area contributed by atoms with Gasteiger partial charge in [0.1, 0.15) is 5.65 Å². The molecule has 5 nitrogen and oxygen atoms in total. The van der Waals surface area contributed by atoms with Gasteiger partial charge in [-0.2, -0.15) is 0 Å². The molecule has 0 aliphatic heterocycles. The number of hydrogen-bond donors (Lipinski definition) is 1. The highest BCUT2D eigenvalue weighted by molar-refractivity contribution is 5.37. The summed E-state index contributed by atoms with van der Waals surface area (Å²) in [6.07, 6.45) is 1.72. The van der Waals surface area contributed by atoms with Gasteiger partial charge >= 0.3 is 0 Å². The van der Waals surface area contributed by atoms with Gasteiger partial charge in [-0.3, -0.25) is 9.20 Å². The van der Waals surface area contributed by atoms with E-state index in [1.54, 1.807) is 12.3 Å². The van der Waals surface area contributed by atoms with Crippen molar-refractivity contribution in [2.45, 2.75) is 26.4 Å². The smallest absolute Gasteiger partial charge is 0.258 e. The summed E-state index contributed by atoms with van der Waals surface area (Å²) in [6.45, 7) is 5.95. The van der Waals surface area contributed by atoms with Crippen molar-refractivity contribution in [3.8, 4) is 0 Å². The molecule has 102 valence electrons. The Morgan fingerprint density at radius 1 is 1.47 bits per heavy atom. The number of aromatic nitrogens is 2.